The average molecular weight is 886 g/mol. The maximum absolute atomic E-state index is 13.5. The van der Waals surface area contributed by atoms with E-state index in [1.54, 1.807) is 0 Å². The van der Waals surface area contributed by atoms with Gasteiger partial charge in [-0.25, -0.2) is 13.4 Å². The van der Waals surface area contributed by atoms with Crippen molar-refractivity contribution in [2.24, 2.45) is 4.99 Å². The third kappa shape index (κ3) is 9.54. The molecule has 5 aromatic rings. The lowest BCUT2D eigenvalue weighted by Crippen LogP contribution is -2.19. The summed E-state index contributed by atoms with van der Waals surface area (Å²) in [6.45, 7) is 0.0693. The molecule has 0 saturated carbocycles. The van der Waals surface area contributed by atoms with E-state index in [-0.39, 0.29) is 81.9 Å². The molecule has 1 aliphatic heterocycles. The Bertz CT molecular complexity index is 2920. The molecule has 302 valence electrons. The van der Waals surface area contributed by atoms with Crippen molar-refractivity contribution < 1.29 is 62.0 Å². The van der Waals surface area contributed by atoms with Crippen LogP contribution in [0.25, 0.3) is 10.9 Å². The molecular formula is C31H28ClN7O14S4. The van der Waals surface area contributed by atoms with Crippen molar-refractivity contribution in [3.8, 4) is 5.75 Å². The predicted octanol–water partition coefficient (Wildman–Crippen LogP) is 2.53. The SMILES string of the molecule is O=C1C(c2c(O)c3cc(S(=O)(=O)O)ccc3n2CCOCCNc2nc(Cl)nc(Nc3ccc(S(=O)(=O)CCS(=O)(=O)O)cc3)n2)=Nc2ccc(S(=O)(=O)O)cc21. The smallest absolute Gasteiger partial charge is 0.294 e. The zero-order chi connectivity index (χ0) is 41.5. The van der Waals surface area contributed by atoms with Gasteiger partial charge in [-0.3, -0.25) is 18.5 Å². The molecule has 21 nitrogen and oxygen atoms in total. The van der Waals surface area contributed by atoms with Crippen LogP contribution in [0.5, 0.6) is 5.75 Å². The second-order valence-electron chi connectivity index (χ2n) is 12.0. The lowest BCUT2D eigenvalue weighted by atomic mass is 10.1. The highest BCUT2D eigenvalue weighted by atomic mass is 35.5. The van der Waals surface area contributed by atoms with E-state index < -0.39 is 73.0 Å². The van der Waals surface area contributed by atoms with Crippen LogP contribution in [0.2, 0.25) is 5.28 Å². The van der Waals surface area contributed by atoms with Gasteiger partial charge in [0.1, 0.15) is 11.4 Å². The van der Waals surface area contributed by atoms with Crippen LogP contribution in [-0.2, 0) is 51.5 Å². The topological polar surface area (TPSA) is 324 Å². The van der Waals surface area contributed by atoms with Crippen LogP contribution in [0.1, 0.15) is 16.1 Å². The molecule has 0 radical (unpaired) electrons. The second-order valence-corrected chi connectivity index (χ2v) is 18.9. The molecule has 0 atom stereocenters. The number of Topliss-reactive ketones (excluding diaryl/α,β-unsaturated/α-hetero) is 1. The zero-order valence-corrected chi connectivity index (χ0v) is 32.7. The minimum Gasteiger partial charge on any atom is -0.505 e. The number of hydrogen-bond acceptors (Lipinski definition) is 17. The first-order chi connectivity index (χ1) is 26.6. The number of nitrogens with one attached hydrogen (secondary N) is 2. The largest absolute Gasteiger partial charge is 0.505 e. The number of aliphatic imine (C=N–C) groups is 1. The van der Waals surface area contributed by atoms with Gasteiger partial charge in [0.05, 0.1) is 56.2 Å². The molecule has 3 aromatic carbocycles. The maximum atomic E-state index is 13.5. The highest BCUT2D eigenvalue weighted by Gasteiger charge is 2.33. The van der Waals surface area contributed by atoms with Gasteiger partial charge in [-0.15, -0.1) is 0 Å². The fraction of sp³-hybridized carbons (Fsp3) is 0.194. The monoisotopic (exact) mass is 885 g/mol. The molecule has 0 spiro atoms. The average Bonchev–Trinajstić information content (AvgIpc) is 3.59. The summed E-state index contributed by atoms with van der Waals surface area (Å²) < 4.78 is 129. The Morgan fingerprint density at radius 3 is 2.05 bits per heavy atom. The number of hydrogen-bond donors (Lipinski definition) is 6. The molecule has 3 heterocycles. The summed E-state index contributed by atoms with van der Waals surface area (Å²) in [6.07, 6.45) is 0. The predicted molar refractivity (Wildman–Crippen MR) is 203 cm³/mol. The molecule has 0 bridgehead atoms. The number of ether oxygens (including phenoxy) is 1. The molecule has 0 saturated heterocycles. The number of aromatic hydroxyl groups is 1. The Hall–Kier alpha value is -5.12. The number of aromatic nitrogens is 4. The summed E-state index contributed by atoms with van der Waals surface area (Å²) in [5, 5.41) is 16.8. The number of benzene rings is 3. The van der Waals surface area contributed by atoms with E-state index in [0.717, 1.165) is 24.3 Å². The van der Waals surface area contributed by atoms with E-state index >= 15 is 0 Å². The van der Waals surface area contributed by atoms with E-state index in [2.05, 4.69) is 30.6 Å². The third-order valence-corrected chi connectivity index (χ3v) is 12.7. The van der Waals surface area contributed by atoms with Gasteiger partial charge >= 0.3 is 0 Å². The standard InChI is InChI=1S/C31H28ClN7O14S4/c32-29-36-30(38-31(37-29)34-17-1-3-18(4-2-17)54(42,43)13-14-55(44,45)46)33-9-11-53-12-10-39-24-8-6-20(57(50,51)52)16-22(24)28(41)26(39)25-27(40)21-15-19(56(47,48)49)5-7-23(21)35-25/h1-8,15-16,41H,9-14H2,(H,44,45,46)(H,47,48,49)(H,50,51,52)(H2,33,34,36,37,38). The Kier molecular flexibility index (Phi) is 11.4. The number of carbonyl (C=O) groups excluding carboxylic acids is 1. The second kappa shape index (κ2) is 15.7. The summed E-state index contributed by atoms with van der Waals surface area (Å²) in [5.41, 5.74) is -0.00864. The number of ketones is 1. The summed E-state index contributed by atoms with van der Waals surface area (Å²) in [6, 6.07) is 11.8. The number of sulfone groups is 1. The van der Waals surface area contributed by atoms with Crippen molar-refractivity contribution in [3.05, 3.63) is 77.2 Å². The minimum atomic E-state index is -4.69. The van der Waals surface area contributed by atoms with Crippen molar-refractivity contribution in [1.29, 1.82) is 0 Å². The highest BCUT2D eigenvalue weighted by molar-refractivity contribution is 7.93. The summed E-state index contributed by atoms with van der Waals surface area (Å²) in [5.74, 6) is -3.12. The van der Waals surface area contributed by atoms with Crippen LogP contribution >= 0.6 is 11.6 Å². The van der Waals surface area contributed by atoms with Gasteiger partial charge in [0.2, 0.25) is 23.0 Å². The van der Waals surface area contributed by atoms with Gasteiger partial charge < -0.3 is 25.0 Å². The maximum Gasteiger partial charge on any atom is 0.294 e. The number of halogens is 1. The van der Waals surface area contributed by atoms with E-state index in [1.165, 1.54) is 41.0 Å². The molecule has 26 heteroatoms. The van der Waals surface area contributed by atoms with Gasteiger partial charge in [0.25, 0.3) is 30.4 Å². The summed E-state index contributed by atoms with van der Waals surface area (Å²) in [7, 11) is -17.8. The van der Waals surface area contributed by atoms with Gasteiger partial charge in [-0.05, 0) is 72.3 Å². The Balaban J connectivity index is 1.12. The minimum absolute atomic E-state index is 0.0230. The first-order valence-electron chi connectivity index (χ1n) is 16.0. The van der Waals surface area contributed by atoms with Crippen LogP contribution in [0.3, 0.4) is 0 Å². The highest BCUT2D eigenvalue weighted by Crippen LogP contribution is 2.39. The zero-order valence-electron chi connectivity index (χ0n) is 28.6. The number of fused-ring (bicyclic) bond motifs is 2. The van der Waals surface area contributed by atoms with E-state index in [9.17, 15) is 52.7 Å². The summed E-state index contributed by atoms with van der Waals surface area (Å²) in [4.78, 5) is 28.7. The molecule has 6 N–H and O–H groups in total. The fourth-order valence-electron chi connectivity index (χ4n) is 5.55. The number of carbonyl (C=O) groups is 1. The van der Waals surface area contributed by atoms with Crippen molar-refractivity contribution in [2.45, 2.75) is 21.2 Å². The molecule has 0 unspecified atom stereocenters. The molecule has 6 rings (SSSR count). The molecule has 0 fully saturated rings. The Labute approximate surface area is 328 Å². The molecular weight excluding hydrogens is 858 g/mol. The van der Waals surface area contributed by atoms with Crippen LogP contribution in [0, 0.1) is 0 Å². The van der Waals surface area contributed by atoms with E-state index in [4.69, 9.17) is 20.9 Å². The molecule has 2 aromatic heterocycles. The summed E-state index contributed by atoms with van der Waals surface area (Å²) >= 11 is 6.06. The lowest BCUT2D eigenvalue weighted by molar-refractivity contribution is 0.106. The molecule has 57 heavy (non-hydrogen) atoms. The number of anilines is 3. The quantitative estimate of drug-likeness (QED) is 0.0612. The lowest BCUT2D eigenvalue weighted by Gasteiger charge is -2.12. The van der Waals surface area contributed by atoms with Crippen LogP contribution in [0.4, 0.5) is 23.3 Å². The van der Waals surface area contributed by atoms with Crippen molar-refractivity contribution in [2.75, 3.05) is 41.9 Å². The van der Waals surface area contributed by atoms with Crippen molar-refractivity contribution in [1.82, 2.24) is 19.5 Å². The normalized spacial score (nSPS) is 13.5. The van der Waals surface area contributed by atoms with Gasteiger partial charge in [-0.1, -0.05) is 0 Å². The number of rotatable bonds is 16. The first-order valence-corrected chi connectivity index (χ1v) is 22.5. The van der Waals surface area contributed by atoms with Gasteiger partial charge in [0.15, 0.2) is 15.6 Å². The molecule has 1 aliphatic rings. The Morgan fingerprint density at radius 1 is 0.754 bits per heavy atom. The Morgan fingerprint density at radius 2 is 1.39 bits per heavy atom. The first kappa shape index (κ1) is 41.5. The van der Waals surface area contributed by atoms with Crippen molar-refractivity contribution in [3.63, 3.8) is 0 Å². The van der Waals surface area contributed by atoms with Crippen molar-refractivity contribution >= 4 is 97.5 Å². The van der Waals surface area contributed by atoms with E-state index in [0.29, 0.717) is 5.69 Å². The third-order valence-electron chi connectivity index (χ3n) is 8.16. The van der Waals surface area contributed by atoms with Gasteiger partial charge in [0, 0.05) is 24.2 Å². The van der Waals surface area contributed by atoms with Crippen LogP contribution < -0.4 is 10.6 Å². The molecule has 0 aliphatic carbocycles. The fourth-order valence-corrected chi connectivity index (χ4v) is 9.23. The molecule has 0 amide bonds. The van der Waals surface area contributed by atoms with Crippen LogP contribution in [-0.4, -0.2) is 115 Å². The van der Waals surface area contributed by atoms with Gasteiger partial charge in [-0.2, -0.15) is 40.2 Å². The van der Waals surface area contributed by atoms with E-state index in [1.807, 2.05) is 0 Å². The number of nitrogens with zero attached hydrogens (tertiary/aromatic N) is 5. The van der Waals surface area contributed by atoms with Crippen LogP contribution in [0.15, 0.2) is 80.3 Å².